The standard InChI is InChI=1S/C12H14BrF2NO/c1-7(6-13)8(2)16-12(17)10-4-3-9(14)5-11(10)15/h3-5,7-8H,6H2,1-2H3,(H,16,17). The van der Waals surface area contributed by atoms with Gasteiger partial charge in [0.05, 0.1) is 5.56 Å². The summed E-state index contributed by atoms with van der Waals surface area (Å²) in [5.74, 6) is -1.84. The maximum absolute atomic E-state index is 13.3. The Morgan fingerprint density at radius 1 is 1.41 bits per heavy atom. The minimum Gasteiger partial charge on any atom is -0.349 e. The van der Waals surface area contributed by atoms with Crippen LogP contribution in [0.15, 0.2) is 18.2 Å². The highest BCUT2D eigenvalue weighted by atomic mass is 79.9. The Kier molecular flexibility index (Phi) is 5.05. The lowest BCUT2D eigenvalue weighted by Gasteiger charge is -2.19. The molecule has 0 aliphatic rings. The molecule has 0 aromatic heterocycles. The van der Waals surface area contributed by atoms with Gasteiger partial charge >= 0.3 is 0 Å². The maximum Gasteiger partial charge on any atom is 0.254 e. The molecule has 0 aliphatic heterocycles. The number of benzene rings is 1. The van der Waals surface area contributed by atoms with Crippen molar-refractivity contribution in [3.05, 3.63) is 35.4 Å². The third kappa shape index (κ3) is 3.77. The van der Waals surface area contributed by atoms with Crippen LogP contribution in [0.1, 0.15) is 24.2 Å². The zero-order chi connectivity index (χ0) is 13.0. The van der Waals surface area contributed by atoms with E-state index in [1.807, 2.05) is 13.8 Å². The molecule has 94 valence electrons. The Bertz CT molecular complexity index is 411. The Balaban J connectivity index is 2.76. The van der Waals surface area contributed by atoms with Crippen molar-refractivity contribution in [1.82, 2.24) is 5.32 Å². The Morgan fingerprint density at radius 3 is 2.59 bits per heavy atom. The van der Waals surface area contributed by atoms with Gasteiger partial charge in [-0.25, -0.2) is 8.78 Å². The molecule has 1 amide bonds. The van der Waals surface area contributed by atoms with Crippen molar-refractivity contribution in [2.45, 2.75) is 19.9 Å². The second kappa shape index (κ2) is 6.10. The van der Waals surface area contributed by atoms with E-state index < -0.39 is 17.5 Å². The lowest BCUT2D eigenvalue weighted by atomic mass is 10.1. The molecule has 1 aromatic rings. The third-order valence-electron chi connectivity index (χ3n) is 2.63. The molecular formula is C12H14BrF2NO. The first-order valence-electron chi connectivity index (χ1n) is 5.27. The first-order chi connectivity index (χ1) is 7.95. The molecule has 2 nitrogen and oxygen atoms in total. The fourth-order valence-electron chi connectivity index (χ4n) is 1.23. The van der Waals surface area contributed by atoms with Crippen LogP contribution in [0.3, 0.4) is 0 Å². The molecule has 2 unspecified atom stereocenters. The van der Waals surface area contributed by atoms with Crippen LogP contribution in [-0.2, 0) is 0 Å². The summed E-state index contributed by atoms with van der Waals surface area (Å²) < 4.78 is 26.0. The van der Waals surface area contributed by atoms with Crippen LogP contribution in [0.4, 0.5) is 8.78 Å². The van der Waals surface area contributed by atoms with Gasteiger partial charge in [0.2, 0.25) is 0 Å². The number of nitrogens with one attached hydrogen (secondary N) is 1. The first kappa shape index (κ1) is 14.1. The molecule has 0 radical (unpaired) electrons. The number of carbonyl (C=O) groups excluding carboxylic acids is 1. The quantitative estimate of drug-likeness (QED) is 0.851. The molecule has 0 aliphatic carbocycles. The molecule has 1 aromatic carbocycles. The number of amides is 1. The van der Waals surface area contributed by atoms with E-state index in [1.54, 1.807) is 0 Å². The van der Waals surface area contributed by atoms with Crippen molar-refractivity contribution in [2.24, 2.45) is 5.92 Å². The molecule has 0 fully saturated rings. The smallest absolute Gasteiger partial charge is 0.254 e. The average molecular weight is 306 g/mol. The van der Waals surface area contributed by atoms with Gasteiger partial charge in [-0.05, 0) is 25.0 Å². The van der Waals surface area contributed by atoms with Crippen LogP contribution in [0, 0.1) is 17.6 Å². The van der Waals surface area contributed by atoms with Crippen molar-refractivity contribution in [2.75, 3.05) is 5.33 Å². The van der Waals surface area contributed by atoms with Crippen molar-refractivity contribution >= 4 is 21.8 Å². The van der Waals surface area contributed by atoms with Gasteiger partial charge in [0.25, 0.3) is 5.91 Å². The summed E-state index contributed by atoms with van der Waals surface area (Å²) in [6.45, 7) is 3.80. The highest BCUT2D eigenvalue weighted by molar-refractivity contribution is 9.09. The van der Waals surface area contributed by atoms with E-state index in [1.165, 1.54) is 0 Å². The molecule has 0 saturated heterocycles. The van der Waals surface area contributed by atoms with E-state index in [2.05, 4.69) is 21.2 Å². The largest absolute Gasteiger partial charge is 0.349 e. The van der Waals surface area contributed by atoms with Crippen LogP contribution in [0.2, 0.25) is 0 Å². The van der Waals surface area contributed by atoms with E-state index in [0.29, 0.717) is 6.07 Å². The second-order valence-corrected chi connectivity index (χ2v) is 4.67. The normalized spacial score (nSPS) is 14.2. The van der Waals surface area contributed by atoms with Crippen molar-refractivity contribution in [3.8, 4) is 0 Å². The molecule has 0 spiro atoms. The summed E-state index contributed by atoms with van der Waals surface area (Å²) in [7, 11) is 0. The zero-order valence-corrected chi connectivity index (χ0v) is 11.2. The van der Waals surface area contributed by atoms with E-state index in [-0.39, 0.29) is 17.5 Å². The Hall–Kier alpha value is -0.970. The van der Waals surface area contributed by atoms with Crippen LogP contribution in [0.5, 0.6) is 0 Å². The average Bonchev–Trinajstić information content (AvgIpc) is 2.27. The summed E-state index contributed by atoms with van der Waals surface area (Å²) in [5.41, 5.74) is -0.139. The molecule has 0 heterocycles. The molecule has 5 heteroatoms. The van der Waals surface area contributed by atoms with Gasteiger partial charge < -0.3 is 5.32 Å². The van der Waals surface area contributed by atoms with Gasteiger partial charge in [-0.1, -0.05) is 22.9 Å². The summed E-state index contributed by atoms with van der Waals surface area (Å²) in [6, 6.07) is 2.82. The highest BCUT2D eigenvalue weighted by Gasteiger charge is 2.17. The van der Waals surface area contributed by atoms with Crippen LogP contribution >= 0.6 is 15.9 Å². The van der Waals surface area contributed by atoms with Crippen molar-refractivity contribution in [1.29, 1.82) is 0 Å². The molecule has 17 heavy (non-hydrogen) atoms. The minimum atomic E-state index is -0.846. The van der Waals surface area contributed by atoms with Crippen molar-refractivity contribution < 1.29 is 13.6 Å². The van der Waals surface area contributed by atoms with Crippen LogP contribution in [-0.4, -0.2) is 17.3 Å². The Labute approximate surface area is 108 Å². The minimum absolute atomic E-state index is 0.0914. The summed E-state index contributed by atoms with van der Waals surface area (Å²) in [6.07, 6.45) is 0. The van der Waals surface area contributed by atoms with E-state index in [9.17, 15) is 13.6 Å². The van der Waals surface area contributed by atoms with Crippen LogP contribution in [0.25, 0.3) is 0 Å². The summed E-state index contributed by atoms with van der Waals surface area (Å²) in [4.78, 5) is 11.7. The molecule has 2 atom stereocenters. The number of halogens is 3. The highest BCUT2D eigenvalue weighted by Crippen LogP contribution is 2.11. The van der Waals surface area contributed by atoms with Gasteiger partial charge in [0, 0.05) is 17.4 Å². The van der Waals surface area contributed by atoms with Gasteiger partial charge in [0.15, 0.2) is 0 Å². The number of carbonyl (C=O) groups is 1. The monoisotopic (exact) mass is 305 g/mol. The number of alkyl halides is 1. The molecule has 1 rings (SSSR count). The lowest BCUT2D eigenvalue weighted by molar-refractivity contribution is 0.0927. The predicted octanol–water partition coefficient (Wildman–Crippen LogP) is 3.11. The topological polar surface area (TPSA) is 29.1 Å². The van der Waals surface area contributed by atoms with E-state index in [4.69, 9.17) is 0 Å². The summed E-state index contributed by atoms with van der Waals surface area (Å²) in [5, 5.41) is 3.41. The number of hydrogen-bond donors (Lipinski definition) is 1. The second-order valence-electron chi connectivity index (χ2n) is 4.02. The van der Waals surface area contributed by atoms with Gasteiger partial charge in [-0.3, -0.25) is 4.79 Å². The SMILES string of the molecule is CC(CBr)C(C)NC(=O)c1ccc(F)cc1F. The fraction of sp³-hybridized carbons (Fsp3) is 0.417. The molecule has 0 bridgehead atoms. The fourth-order valence-corrected chi connectivity index (χ4v) is 1.79. The lowest BCUT2D eigenvalue weighted by Crippen LogP contribution is -2.38. The molecule has 1 N–H and O–H groups in total. The maximum atomic E-state index is 13.3. The van der Waals surface area contributed by atoms with Gasteiger partial charge in [0.1, 0.15) is 11.6 Å². The number of rotatable bonds is 4. The summed E-state index contributed by atoms with van der Waals surface area (Å²) >= 11 is 3.31. The first-order valence-corrected chi connectivity index (χ1v) is 6.39. The molecular weight excluding hydrogens is 292 g/mol. The Morgan fingerprint density at radius 2 is 2.06 bits per heavy atom. The number of hydrogen-bond acceptors (Lipinski definition) is 1. The zero-order valence-electron chi connectivity index (χ0n) is 9.64. The predicted molar refractivity (Wildman–Crippen MR) is 66.2 cm³/mol. The van der Waals surface area contributed by atoms with Gasteiger partial charge in [-0.2, -0.15) is 0 Å². The van der Waals surface area contributed by atoms with Gasteiger partial charge in [-0.15, -0.1) is 0 Å². The van der Waals surface area contributed by atoms with E-state index in [0.717, 1.165) is 17.5 Å². The third-order valence-corrected chi connectivity index (χ3v) is 3.65. The van der Waals surface area contributed by atoms with E-state index >= 15 is 0 Å². The van der Waals surface area contributed by atoms with Crippen molar-refractivity contribution in [3.63, 3.8) is 0 Å². The molecule has 0 saturated carbocycles. The van der Waals surface area contributed by atoms with Crippen LogP contribution < -0.4 is 5.32 Å².